The minimum atomic E-state index is -1.11. The van der Waals surface area contributed by atoms with Gasteiger partial charge in [-0.25, -0.2) is 0 Å². The topological polar surface area (TPSA) is 83.6 Å². The van der Waals surface area contributed by atoms with Gasteiger partial charge in [-0.2, -0.15) is 0 Å². The lowest BCUT2D eigenvalue weighted by Crippen LogP contribution is -2.54. The number of nitrogens with two attached hydrogens (primary N) is 1. The maximum absolute atomic E-state index is 12.3. The second-order valence-corrected chi connectivity index (χ2v) is 4.97. The molecule has 1 unspecified atom stereocenters. The molecule has 0 spiro atoms. The zero-order valence-corrected chi connectivity index (χ0v) is 11.6. The van der Waals surface area contributed by atoms with Crippen molar-refractivity contribution in [1.82, 2.24) is 0 Å². The van der Waals surface area contributed by atoms with Gasteiger partial charge in [0, 0.05) is 10.7 Å². The molecule has 0 radical (unpaired) electrons. The highest BCUT2D eigenvalue weighted by molar-refractivity contribution is 6.31. The number of anilines is 1. The number of nitrogens with zero attached hydrogens (tertiary/aromatic N) is 1. The maximum Gasteiger partial charge on any atom is 0.323 e. The van der Waals surface area contributed by atoms with E-state index in [2.05, 4.69) is 0 Å². The first-order valence-corrected chi connectivity index (χ1v) is 6.24. The van der Waals surface area contributed by atoms with Crippen molar-refractivity contribution in [3.8, 4) is 0 Å². The number of rotatable bonds is 5. The second-order valence-electron chi connectivity index (χ2n) is 4.54. The van der Waals surface area contributed by atoms with Crippen LogP contribution in [0, 0.1) is 0 Å². The summed E-state index contributed by atoms with van der Waals surface area (Å²) < 4.78 is 0. The molecule has 6 heteroatoms. The van der Waals surface area contributed by atoms with E-state index in [9.17, 15) is 9.59 Å². The van der Waals surface area contributed by atoms with E-state index in [-0.39, 0.29) is 0 Å². The lowest BCUT2D eigenvalue weighted by molar-refractivity contribution is -0.137. The van der Waals surface area contributed by atoms with E-state index in [1.807, 2.05) is 0 Å². The van der Waals surface area contributed by atoms with Crippen molar-refractivity contribution < 1.29 is 14.7 Å². The number of carboxylic acid groups (broad SMARTS) is 1. The van der Waals surface area contributed by atoms with Gasteiger partial charge in [-0.1, -0.05) is 24.6 Å². The fraction of sp³-hybridized carbons (Fsp3) is 0.385. The molecule has 3 N–H and O–H groups in total. The molecule has 0 heterocycles. The average Bonchev–Trinajstić information content (AvgIpc) is 2.34. The van der Waals surface area contributed by atoms with Crippen LogP contribution >= 0.6 is 11.6 Å². The number of amides is 1. The molecule has 5 nitrogen and oxygen atoms in total. The van der Waals surface area contributed by atoms with E-state index >= 15 is 0 Å². The summed E-state index contributed by atoms with van der Waals surface area (Å²) in [5.41, 5.74) is 5.20. The van der Waals surface area contributed by atoms with Crippen molar-refractivity contribution in [2.75, 3.05) is 11.4 Å². The third kappa shape index (κ3) is 3.94. The fourth-order valence-corrected chi connectivity index (χ4v) is 1.70. The predicted molar refractivity (Wildman–Crippen MR) is 74.3 cm³/mol. The number of carbonyl (C=O) groups excluding carboxylic acids is 1. The van der Waals surface area contributed by atoms with E-state index in [0.29, 0.717) is 17.1 Å². The summed E-state index contributed by atoms with van der Waals surface area (Å²) in [4.78, 5) is 24.4. The number of hydrogen-bond acceptors (Lipinski definition) is 3. The van der Waals surface area contributed by atoms with Gasteiger partial charge in [0.15, 0.2) is 0 Å². The molecule has 104 valence electrons. The van der Waals surface area contributed by atoms with E-state index in [0.717, 1.165) is 4.90 Å². The Hall–Kier alpha value is -1.59. The van der Waals surface area contributed by atoms with Crippen molar-refractivity contribution in [2.45, 2.75) is 25.8 Å². The van der Waals surface area contributed by atoms with E-state index in [4.69, 9.17) is 22.4 Å². The lowest BCUT2D eigenvalue weighted by atomic mass is 9.98. The van der Waals surface area contributed by atoms with Gasteiger partial charge >= 0.3 is 5.97 Å². The molecule has 0 aliphatic carbocycles. The Bertz CT molecular complexity index is 489. The Kier molecular flexibility index (Phi) is 4.91. The van der Waals surface area contributed by atoms with E-state index in [1.54, 1.807) is 32.0 Å². The first-order valence-electron chi connectivity index (χ1n) is 5.86. The third-order valence-electron chi connectivity index (χ3n) is 2.88. The highest BCUT2D eigenvalue weighted by Gasteiger charge is 2.32. The van der Waals surface area contributed by atoms with Crippen LogP contribution in [-0.4, -0.2) is 29.1 Å². The first-order chi connectivity index (χ1) is 8.77. The number of hydrogen-bond donors (Lipinski definition) is 2. The predicted octanol–water partition coefficient (Wildman–Crippen LogP) is 1.89. The number of carbonyl (C=O) groups is 2. The summed E-state index contributed by atoms with van der Waals surface area (Å²) >= 11 is 5.86. The summed E-state index contributed by atoms with van der Waals surface area (Å²) in [6.07, 6.45) is 0.405. The van der Waals surface area contributed by atoms with E-state index < -0.39 is 24.0 Å². The number of halogens is 1. The van der Waals surface area contributed by atoms with Crippen molar-refractivity contribution >= 4 is 29.2 Å². The molecule has 0 aromatic heterocycles. The summed E-state index contributed by atoms with van der Waals surface area (Å²) in [5, 5.41) is 9.36. The number of benzene rings is 1. The Morgan fingerprint density at radius 2 is 2.11 bits per heavy atom. The summed E-state index contributed by atoms with van der Waals surface area (Å²) in [7, 11) is 0. The SMILES string of the molecule is CCC(C)(N)C(=O)N(CC(=O)O)c1cccc(Cl)c1. The van der Waals surface area contributed by atoms with Crippen molar-refractivity contribution in [1.29, 1.82) is 0 Å². The molecule has 1 rings (SSSR count). The summed E-state index contributed by atoms with van der Waals surface area (Å²) in [6, 6.07) is 6.46. The molecule has 0 saturated heterocycles. The minimum Gasteiger partial charge on any atom is -0.480 e. The van der Waals surface area contributed by atoms with Gasteiger partial charge in [-0.05, 0) is 31.5 Å². The van der Waals surface area contributed by atoms with Crippen LogP contribution in [0.1, 0.15) is 20.3 Å². The largest absolute Gasteiger partial charge is 0.480 e. The minimum absolute atomic E-state index is 0.405. The molecule has 0 aliphatic heterocycles. The molecule has 1 aromatic carbocycles. The molecular formula is C13H17ClN2O3. The quantitative estimate of drug-likeness (QED) is 0.865. The van der Waals surface area contributed by atoms with Crippen molar-refractivity contribution in [3.63, 3.8) is 0 Å². The highest BCUT2D eigenvalue weighted by atomic mass is 35.5. The second kappa shape index (κ2) is 6.04. The molecule has 0 saturated carbocycles. The van der Waals surface area contributed by atoms with Crippen LogP contribution in [0.5, 0.6) is 0 Å². The molecule has 1 atom stereocenters. The van der Waals surface area contributed by atoms with Gasteiger partial charge in [0.05, 0.1) is 5.54 Å². The normalized spacial score (nSPS) is 13.7. The van der Waals surface area contributed by atoms with Gasteiger partial charge in [0.2, 0.25) is 5.91 Å². The Morgan fingerprint density at radius 3 is 2.58 bits per heavy atom. The highest BCUT2D eigenvalue weighted by Crippen LogP contribution is 2.22. The lowest BCUT2D eigenvalue weighted by Gasteiger charge is -2.30. The van der Waals surface area contributed by atoms with Gasteiger partial charge < -0.3 is 10.8 Å². The monoisotopic (exact) mass is 284 g/mol. The molecule has 1 aromatic rings. The van der Waals surface area contributed by atoms with Crippen LogP contribution in [0.2, 0.25) is 5.02 Å². The summed E-state index contributed by atoms with van der Waals surface area (Å²) in [6.45, 7) is 2.90. The van der Waals surface area contributed by atoms with Crippen molar-refractivity contribution in [2.24, 2.45) is 5.73 Å². The van der Waals surface area contributed by atoms with Crippen LogP contribution in [0.15, 0.2) is 24.3 Å². The number of aliphatic carboxylic acids is 1. The van der Waals surface area contributed by atoms with Crippen LogP contribution in [0.3, 0.4) is 0 Å². The van der Waals surface area contributed by atoms with Gasteiger partial charge in [-0.3, -0.25) is 14.5 Å². The Morgan fingerprint density at radius 1 is 1.47 bits per heavy atom. The number of carboxylic acids is 1. The van der Waals surface area contributed by atoms with Gasteiger partial charge in [0.25, 0.3) is 0 Å². The fourth-order valence-electron chi connectivity index (χ4n) is 1.52. The molecule has 1 amide bonds. The van der Waals surface area contributed by atoms with E-state index in [1.165, 1.54) is 6.07 Å². The smallest absolute Gasteiger partial charge is 0.323 e. The molecule has 0 bridgehead atoms. The van der Waals surface area contributed by atoms with Crippen LogP contribution in [-0.2, 0) is 9.59 Å². The van der Waals surface area contributed by atoms with Gasteiger partial charge in [-0.15, -0.1) is 0 Å². The molecule has 0 aliphatic rings. The average molecular weight is 285 g/mol. The first kappa shape index (κ1) is 15.5. The Labute approximate surface area is 117 Å². The van der Waals surface area contributed by atoms with Crippen LogP contribution < -0.4 is 10.6 Å². The Balaban J connectivity index is 3.15. The molecular weight excluding hydrogens is 268 g/mol. The standard InChI is InChI=1S/C13H17ClN2O3/c1-3-13(2,15)12(19)16(8-11(17)18)10-6-4-5-9(14)7-10/h4-7H,3,8,15H2,1-2H3,(H,17,18). The molecule has 0 fully saturated rings. The molecule has 19 heavy (non-hydrogen) atoms. The van der Waals surface area contributed by atoms with Crippen LogP contribution in [0.25, 0.3) is 0 Å². The maximum atomic E-state index is 12.3. The zero-order chi connectivity index (χ0) is 14.6. The van der Waals surface area contributed by atoms with Crippen molar-refractivity contribution in [3.05, 3.63) is 29.3 Å². The summed E-state index contributed by atoms with van der Waals surface area (Å²) in [5.74, 6) is -1.56. The third-order valence-corrected chi connectivity index (χ3v) is 3.12. The van der Waals surface area contributed by atoms with Crippen LogP contribution in [0.4, 0.5) is 5.69 Å². The van der Waals surface area contributed by atoms with Gasteiger partial charge in [0.1, 0.15) is 6.54 Å². The zero-order valence-electron chi connectivity index (χ0n) is 10.9.